The molecule has 0 radical (unpaired) electrons. The molecule has 2 N–H and O–H groups in total. The zero-order chi connectivity index (χ0) is 20.3. The van der Waals surface area contributed by atoms with Gasteiger partial charge < -0.3 is 15.1 Å². The highest BCUT2D eigenvalue weighted by Gasteiger charge is 2.31. The molecule has 1 amide bonds. The molecule has 0 spiro atoms. The van der Waals surface area contributed by atoms with Gasteiger partial charge in [0.2, 0.25) is 0 Å². The quantitative estimate of drug-likeness (QED) is 0.793. The Balaban J connectivity index is 1.80. The van der Waals surface area contributed by atoms with Gasteiger partial charge in [0.25, 0.3) is 5.91 Å². The summed E-state index contributed by atoms with van der Waals surface area (Å²) < 4.78 is 1.50. The van der Waals surface area contributed by atoms with Crippen molar-refractivity contribution in [1.82, 2.24) is 14.7 Å². The fourth-order valence-electron chi connectivity index (χ4n) is 3.66. The Morgan fingerprint density at radius 3 is 2.57 bits per heavy atom. The van der Waals surface area contributed by atoms with Crippen LogP contribution in [0.2, 0.25) is 0 Å². The van der Waals surface area contributed by atoms with Crippen molar-refractivity contribution in [2.75, 3.05) is 6.54 Å². The molecule has 1 unspecified atom stereocenters. The van der Waals surface area contributed by atoms with Crippen molar-refractivity contribution >= 4 is 11.9 Å². The predicted octanol–water partition coefficient (Wildman–Crippen LogP) is 3.56. The zero-order valence-electron chi connectivity index (χ0n) is 16.3. The minimum absolute atomic E-state index is 0.00941. The molecule has 1 aromatic carbocycles. The van der Waals surface area contributed by atoms with Crippen molar-refractivity contribution in [3.8, 4) is 11.4 Å². The minimum Gasteiger partial charge on any atom is -0.504 e. The smallest absolute Gasteiger partial charge is 0.303 e. The van der Waals surface area contributed by atoms with Crippen molar-refractivity contribution in [1.29, 1.82) is 0 Å². The van der Waals surface area contributed by atoms with Gasteiger partial charge in [-0.15, -0.1) is 0 Å². The number of carboxylic acid groups (broad SMARTS) is 1. The van der Waals surface area contributed by atoms with E-state index >= 15 is 0 Å². The molecular formula is C21H27N3O4. The van der Waals surface area contributed by atoms with E-state index in [1.54, 1.807) is 4.90 Å². The highest BCUT2D eigenvalue weighted by atomic mass is 16.4. The molecule has 28 heavy (non-hydrogen) atoms. The van der Waals surface area contributed by atoms with E-state index in [9.17, 15) is 14.7 Å². The molecule has 0 aliphatic carbocycles. The summed E-state index contributed by atoms with van der Waals surface area (Å²) in [5.74, 6) is -0.959. The normalized spacial score (nSPS) is 17.1. The third-order valence-electron chi connectivity index (χ3n) is 5.30. The molecule has 2 aromatic rings. The van der Waals surface area contributed by atoms with Gasteiger partial charge in [-0.25, -0.2) is 4.68 Å². The molecule has 1 aliphatic heterocycles. The lowest BCUT2D eigenvalue weighted by Gasteiger charge is -2.35. The predicted molar refractivity (Wildman–Crippen MR) is 105 cm³/mol. The Morgan fingerprint density at radius 2 is 1.93 bits per heavy atom. The number of carbonyl (C=O) groups excluding carboxylic acids is 1. The topological polar surface area (TPSA) is 95.7 Å². The molecule has 7 nitrogen and oxygen atoms in total. The van der Waals surface area contributed by atoms with E-state index in [4.69, 9.17) is 5.11 Å². The molecule has 1 atom stereocenters. The lowest BCUT2D eigenvalue weighted by atomic mass is 9.97. The summed E-state index contributed by atoms with van der Waals surface area (Å²) in [6.45, 7) is 4.79. The van der Waals surface area contributed by atoms with E-state index in [2.05, 4.69) is 18.9 Å². The van der Waals surface area contributed by atoms with Gasteiger partial charge in [0.1, 0.15) is 0 Å². The lowest BCUT2D eigenvalue weighted by molar-refractivity contribution is -0.137. The summed E-state index contributed by atoms with van der Waals surface area (Å²) in [5, 5.41) is 23.6. The number of carbonyl (C=O) groups is 2. The maximum absolute atomic E-state index is 13.0. The molecule has 1 fully saturated rings. The SMILES string of the molecule is CC(C)c1ccc(-n2cc(O)c(C(=O)N3CCCCC3CCC(=O)O)n2)cc1. The fraction of sp³-hybridized carbons (Fsp3) is 0.476. The van der Waals surface area contributed by atoms with Gasteiger partial charge in [0, 0.05) is 19.0 Å². The van der Waals surface area contributed by atoms with Crippen molar-refractivity contribution in [2.24, 2.45) is 0 Å². The number of benzene rings is 1. The van der Waals surface area contributed by atoms with Gasteiger partial charge in [-0.2, -0.15) is 5.10 Å². The largest absolute Gasteiger partial charge is 0.504 e. The molecule has 7 heteroatoms. The molecule has 3 rings (SSSR count). The first-order chi connectivity index (χ1) is 13.4. The number of hydrogen-bond donors (Lipinski definition) is 2. The first kappa shape index (κ1) is 19.9. The number of amides is 1. The molecule has 0 saturated carbocycles. The Hall–Kier alpha value is -2.83. The van der Waals surface area contributed by atoms with Crippen molar-refractivity contribution in [2.45, 2.75) is 57.9 Å². The van der Waals surface area contributed by atoms with Crippen LogP contribution in [0.3, 0.4) is 0 Å². The number of aromatic nitrogens is 2. The second-order valence-corrected chi connectivity index (χ2v) is 7.63. The standard InChI is InChI=1S/C21H27N3O4/c1-14(2)15-6-8-17(9-7-15)24-13-18(25)20(22-24)21(28)23-12-4-3-5-16(23)10-11-19(26)27/h6-9,13-14,16,25H,3-5,10-12H2,1-2H3,(H,26,27). The average Bonchev–Trinajstić information content (AvgIpc) is 3.07. The van der Waals surface area contributed by atoms with Crippen LogP contribution in [0.15, 0.2) is 30.5 Å². The number of aliphatic carboxylic acids is 1. The Kier molecular flexibility index (Phi) is 6.02. The number of rotatable bonds is 6. The molecular weight excluding hydrogens is 358 g/mol. The molecule has 1 aliphatic rings. The van der Waals surface area contributed by atoms with Crippen LogP contribution >= 0.6 is 0 Å². The van der Waals surface area contributed by atoms with E-state index in [1.807, 2.05) is 24.3 Å². The van der Waals surface area contributed by atoms with E-state index in [-0.39, 0.29) is 29.8 Å². The van der Waals surface area contributed by atoms with Gasteiger partial charge in [0.15, 0.2) is 11.4 Å². The van der Waals surface area contributed by atoms with Gasteiger partial charge in [-0.3, -0.25) is 9.59 Å². The summed E-state index contributed by atoms with van der Waals surface area (Å²) in [7, 11) is 0. The summed E-state index contributed by atoms with van der Waals surface area (Å²) in [6, 6.07) is 7.70. The number of likely N-dealkylation sites (tertiary alicyclic amines) is 1. The van der Waals surface area contributed by atoms with Crippen LogP contribution in [0, 0.1) is 0 Å². The lowest BCUT2D eigenvalue weighted by Crippen LogP contribution is -2.44. The maximum Gasteiger partial charge on any atom is 0.303 e. The molecule has 2 heterocycles. The minimum atomic E-state index is -0.866. The fourth-order valence-corrected chi connectivity index (χ4v) is 3.66. The third-order valence-corrected chi connectivity index (χ3v) is 5.30. The summed E-state index contributed by atoms with van der Waals surface area (Å²) in [5.41, 5.74) is 1.97. The maximum atomic E-state index is 13.0. The van der Waals surface area contributed by atoms with Gasteiger partial charge >= 0.3 is 5.97 Å². The van der Waals surface area contributed by atoms with Crippen LogP contribution in [0.1, 0.15) is 67.9 Å². The van der Waals surface area contributed by atoms with Crippen molar-refractivity contribution in [3.05, 3.63) is 41.7 Å². The van der Waals surface area contributed by atoms with Crippen molar-refractivity contribution in [3.63, 3.8) is 0 Å². The third kappa shape index (κ3) is 4.35. The van der Waals surface area contributed by atoms with Crippen LogP contribution in [-0.4, -0.2) is 49.4 Å². The average molecular weight is 385 g/mol. The van der Waals surface area contributed by atoms with Gasteiger partial charge in [-0.1, -0.05) is 26.0 Å². The summed E-state index contributed by atoms with van der Waals surface area (Å²) >= 11 is 0. The highest BCUT2D eigenvalue weighted by molar-refractivity contribution is 5.95. The van der Waals surface area contributed by atoms with E-state index in [1.165, 1.54) is 16.4 Å². The Labute approximate surface area is 164 Å². The highest BCUT2D eigenvalue weighted by Crippen LogP contribution is 2.26. The molecule has 1 saturated heterocycles. The van der Waals surface area contributed by atoms with Crippen LogP contribution in [0.25, 0.3) is 5.69 Å². The van der Waals surface area contributed by atoms with E-state index in [0.717, 1.165) is 24.9 Å². The molecule has 150 valence electrons. The summed E-state index contributed by atoms with van der Waals surface area (Å²) in [6.07, 6.45) is 4.49. The van der Waals surface area contributed by atoms with Gasteiger partial charge in [0.05, 0.1) is 11.9 Å². The zero-order valence-corrected chi connectivity index (χ0v) is 16.3. The number of aromatic hydroxyl groups is 1. The van der Waals surface area contributed by atoms with E-state index < -0.39 is 5.97 Å². The second kappa shape index (κ2) is 8.46. The van der Waals surface area contributed by atoms with Crippen molar-refractivity contribution < 1.29 is 19.8 Å². The van der Waals surface area contributed by atoms with E-state index in [0.29, 0.717) is 18.9 Å². The van der Waals surface area contributed by atoms with Crippen LogP contribution in [-0.2, 0) is 4.79 Å². The van der Waals surface area contributed by atoms with Gasteiger partial charge in [-0.05, 0) is 49.3 Å². The number of nitrogens with zero attached hydrogens (tertiary/aromatic N) is 3. The first-order valence-electron chi connectivity index (χ1n) is 9.78. The molecule has 1 aromatic heterocycles. The number of hydrogen-bond acceptors (Lipinski definition) is 4. The van der Waals surface area contributed by atoms with Crippen LogP contribution < -0.4 is 0 Å². The molecule has 0 bridgehead atoms. The Morgan fingerprint density at radius 1 is 1.21 bits per heavy atom. The van der Waals surface area contributed by atoms with Crippen LogP contribution in [0.5, 0.6) is 5.75 Å². The summed E-state index contributed by atoms with van der Waals surface area (Å²) in [4.78, 5) is 25.6. The first-order valence-corrected chi connectivity index (χ1v) is 9.78. The number of carboxylic acids is 1. The second-order valence-electron chi connectivity index (χ2n) is 7.63. The number of piperidine rings is 1. The van der Waals surface area contributed by atoms with Crippen LogP contribution in [0.4, 0.5) is 0 Å². The monoisotopic (exact) mass is 385 g/mol. The Bertz CT molecular complexity index is 842.